The van der Waals surface area contributed by atoms with Crippen molar-refractivity contribution in [1.82, 2.24) is 9.78 Å². The number of halogens is 1. The first kappa shape index (κ1) is 13.0. The molecule has 2 rings (SSSR count). The zero-order chi connectivity index (χ0) is 13.5. The van der Waals surface area contributed by atoms with Gasteiger partial charge in [0.15, 0.2) is 0 Å². The molecular weight excluding hydrogens is 248 g/mol. The summed E-state index contributed by atoms with van der Waals surface area (Å²) in [6, 6.07) is 7.21. The van der Waals surface area contributed by atoms with Crippen LogP contribution in [-0.2, 0) is 5.41 Å². The number of benzene rings is 1. The van der Waals surface area contributed by atoms with Gasteiger partial charge >= 0.3 is 0 Å². The van der Waals surface area contributed by atoms with Crippen molar-refractivity contribution in [2.24, 2.45) is 0 Å². The van der Waals surface area contributed by atoms with E-state index in [1.165, 1.54) is 4.68 Å². The normalized spacial score (nSPS) is 11.8. The fourth-order valence-corrected chi connectivity index (χ4v) is 1.87. The van der Waals surface area contributed by atoms with E-state index in [4.69, 9.17) is 11.6 Å². The molecule has 1 aromatic heterocycles. The Morgan fingerprint density at radius 2 is 1.89 bits per heavy atom. The predicted octanol–water partition coefficient (Wildman–Crippen LogP) is 3.42. The van der Waals surface area contributed by atoms with Gasteiger partial charge in [0.25, 0.3) is 5.56 Å². The highest BCUT2D eigenvalue weighted by molar-refractivity contribution is 6.31. The van der Waals surface area contributed by atoms with Gasteiger partial charge < -0.3 is 0 Å². The van der Waals surface area contributed by atoms with Crippen LogP contribution >= 0.6 is 11.6 Å². The molecular formula is C14H17ClN2O. The molecule has 0 aliphatic heterocycles. The van der Waals surface area contributed by atoms with Gasteiger partial charge in [-0.05, 0) is 24.6 Å². The Morgan fingerprint density at radius 1 is 1.22 bits per heavy atom. The van der Waals surface area contributed by atoms with Crippen molar-refractivity contribution in [3.63, 3.8) is 0 Å². The molecule has 0 spiro atoms. The third kappa shape index (κ3) is 2.36. The molecule has 0 unspecified atom stereocenters. The molecule has 0 atom stereocenters. The molecule has 0 saturated heterocycles. The zero-order valence-corrected chi connectivity index (χ0v) is 11.8. The van der Waals surface area contributed by atoms with E-state index in [9.17, 15) is 4.79 Å². The second kappa shape index (κ2) is 4.32. The van der Waals surface area contributed by atoms with E-state index in [-0.39, 0.29) is 11.0 Å². The lowest BCUT2D eigenvalue weighted by atomic mass is 9.93. The third-order valence-corrected chi connectivity index (χ3v) is 3.35. The number of hydrogen-bond donors (Lipinski definition) is 1. The molecule has 3 nitrogen and oxygen atoms in total. The van der Waals surface area contributed by atoms with Crippen LogP contribution in [0.2, 0.25) is 5.02 Å². The Kier molecular flexibility index (Phi) is 3.11. The Hall–Kier alpha value is -1.48. The maximum absolute atomic E-state index is 12.0. The number of hydrogen-bond acceptors (Lipinski definition) is 1. The number of aromatic nitrogens is 2. The molecule has 0 bridgehead atoms. The number of H-pyrrole nitrogens is 1. The van der Waals surface area contributed by atoms with E-state index in [1.807, 2.05) is 19.1 Å². The first-order chi connectivity index (χ1) is 8.29. The second-order valence-corrected chi connectivity index (χ2v) is 5.93. The van der Waals surface area contributed by atoms with E-state index < -0.39 is 0 Å². The van der Waals surface area contributed by atoms with E-state index in [1.54, 1.807) is 12.1 Å². The first-order valence-electron chi connectivity index (χ1n) is 5.88. The zero-order valence-electron chi connectivity index (χ0n) is 11.0. The van der Waals surface area contributed by atoms with Crippen molar-refractivity contribution in [3.8, 4) is 5.69 Å². The first-order valence-corrected chi connectivity index (χ1v) is 6.26. The van der Waals surface area contributed by atoms with E-state index in [2.05, 4.69) is 25.9 Å². The van der Waals surface area contributed by atoms with Gasteiger partial charge in [-0.25, -0.2) is 4.68 Å². The van der Waals surface area contributed by atoms with Gasteiger partial charge in [-0.3, -0.25) is 9.89 Å². The van der Waals surface area contributed by atoms with Crippen molar-refractivity contribution in [2.75, 3.05) is 0 Å². The average molecular weight is 265 g/mol. The molecule has 1 heterocycles. The van der Waals surface area contributed by atoms with Gasteiger partial charge in [0, 0.05) is 22.2 Å². The summed E-state index contributed by atoms with van der Waals surface area (Å²) in [5.74, 6) is 0. The van der Waals surface area contributed by atoms with Crippen LogP contribution in [-0.4, -0.2) is 9.78 Å². The lowest BCUT2D eigenvalue weighted by Gasteiger charge is -2.15. The van der Waals surface area contributed by atoms with Crippen molar-refractivity contribution < 1.29 is 0 Å². The molecule has 18 heavy (non-hydrogen) atoms. The van der Waals surface area contributed by atoms with E-state index in [0.717, 1.165) is 16.9 Å². The quantitative estimate of drug-likeness (QED) is 0.842. The van der Waals surface area contributed by atoms with Crippen LogP contribution in [0.5, 0.6) is 0 Å². The standard InChI is InChI=1S/C14H17ClN2O/c1-9-5-6-10(7-11(9)15)17-13(18)8-12(16-17)14(2,3)4/h5-8,16H,1-4H3. The summed E-state index contributed by atoms with van der Waals surface area (Å²) in [4.78, 5) is 12.0. The Bertz CT molecular complexity index is 632. The summed E-state index contributed by atoms with van der Waals surface area (Å²) in [6.07, 6.45) is 0. The SMILES string of the molecule is Cc1ccc(-n2[nH]c(C(C)(C)C)cc2=O)cc1Cl. The van der Waals surface area contributed by atoms with Crippen molar-refractivity contribution in [2.45, 2.75) is 33.1 Å². The van der Waals surface area contributed by atoms with Crippen LogP contribution in [0.1, 0.15) is 32.0 Å². The van der Waals surface area contributed by atoms with Gasteiger partial charge in [0.05, 0.1) is 5.69 Å². The third-order valence-electron chi connectivity index (χ3n) is 2.94. The fourth-order valence-electron chi connectivity index (χ4n) is 1.69. The van der Waals surface area contributed by atoms with Crippen LogP contribution in [0.25, 0.3) is 5.69 Å². The summed E-state index contributed by atoms with van der Waals surface area (Å²) in [5.41, 5.74) is 2.50. The molecule has 4 heteroatoms. The van der Waals surface area contributed by atoms with Gasteiger partial charge in [-0.2, -0.15) is 0 Å². The Morgan fingerprint density at radius 3 is 2.39 bits per heavy atom. The molecule has 0 fully saturated rings. The topological polar surface area (TPSA) is 37.8 Å². The van der Waals surface area contributed by atoms with Gasteiger partial charge in [-0.1, -0.05) is 38.4 Å². The predicted molar refractivity (Wildman–Crippen MR) is 74.8 cm³/mol. The molecule has 1 N–H and O–H groups in total. The summed E-state index contributed by atoms with van der Waals surface area (Å²) in [6.45, 7) is 8.12. The van der Waals surface area contributed by atoms with Crippen LogP contribution in [0.15, 0.2) is 29.1 Å². The van der Waals surface area contributed by atoms with Crippen LogP contribution in [0.4, 0.5) is 0 Å². The molecule has 0 aliphatic rings. The summed E-state index contributed by atoms with van der Waals surface area (Å²) in [5, 5.41) is 3.79. The number of aryl methyl sites for hydroxylation is 1. The monoisotopic (exact) mass is 264 g/mol. The molecule has 0 aliphatic carbocycles. The highest BCUT2D eigenvalue weighted by Crippen LogP contribution is 2.21. The average Bonchev–Trinajstić information content (AvgIpc) is 2.64. The smallest absolute Gasteiger partial charge is 0.271 e. The minimum absolute atomic E-state index is 0.0696. The summed E-state index contributed by atoms with van der Waals surface area (Å²) in [7, 11) is 0. The largest absolute Gasteiger partial charge is 0.294 e. The Labute approximate surface area is 111 Å². The highest BCUT2D eigenvalue weighted by Gasteiger charge is 2.18. The molecule has 0 saturated carbocycles. The van der Waals surface area contributed by atoms with E-state index >= 15 is 0 Å². The maximum Gasteiger partial charge on any atom is 0.271 e. The molecule has 0 amide bonds. The fraction of sp³-hybridized carbons (Fsp3) is 0.357. The lowest BCUT2D eigenvalue weighted by molar-refractivity contribution is 0.560. The molecule has 0 radical (unpaired) electrons. The molecule has 2 aromatic rings. The van der Waals surface area contributed by atoms with Crippen LogP contribution in [0, 0.1) is 6.92 Å². The van der Waals surface area contributed by atoms with Crippen LogP contribution in [0.3, 0.4) is 0 Å². The van der Waals surface area contributed by atoms with E-state index in [0.29, 0.717) is 5.02 Å². The highest BCUT2D eigenvalue weighted by atomic mass is 35.5. The summed E-state index contributed by atoms with van der Waals surface area (Å²) < 4.78 is 1.52. The molecule has 1 aromatic carbocycles. The van der Waals surface area contributed by atoms with Gasteiger partial charge in [-0.15, -0.1) is 0 Å². The summed E-state index contributed by atoms with van der Waals surface area (Å²) >= 11 is 6.08. The van der Waals surface area contributed by atoms with Crippen molar-refractivity contribution in [1.29, 1.82) is 0 Å². The number of nitrogens with one attached hydrogen (secondary N) is 1. The number of aromatic amines is 1. The lowest BCUT2D eigenvalue weighted by Crippen LogP contribution is -2.14. The second-order valence-electron chi connectivity index (χ2n) is 5.53. The Balaban J connectivity index is 2.55. The number of rotatable bonds is 1. The van der Waals surface area contributed by atoms with Crippen molar-refractivity contribution in [3.05, 3.63) is 50.9 Å². The van der Waals surface area contributed by atoms with Gasteiger partial charge in [0.1, 0.15) is 0 Å². The number of nitrogens with zero attached hydrogens (tertiary/aromatic N) is 1. The van der Waals surface area contributed by atoms with Crippen molar-refractivity contribution >= 4 is 11.6 Å². The molecule has 96 valence electrons. The van der Waals surface area contributed by atoms with Gasteiger partial charge in [0.2, 0.25) is 0 Å². The maximum atomic E-state index is 12.0. The van der Waals surface area contributed by atoms with Crippen LogP contribution < -0.4 is 5.56 Å². The minimum Gasteiger partial charge on any atom is -0.294 e. The minimum atomic E-state index is -0.0844.